The second kappa shape index (κ2) is 6.58. The third kappa shape index (κ3) is 3.01. The molecule has 1 heterocycles. The quantitative estimate of drug-likeness (QED) is 0.784. The zero-order valence-electron chi connectivity index (χ0n) is 13.4. The summed E-state index contributed by atoms with van der Waals surface area (Å²) in [5.74, 6) is -0.195. The van der Waals surface area contributed by atoms with Gasteiger partial charge in [-0.3, -0.25) is 14.2 Å². The Kier molecular flexibility index (Phi) is 4.33. The highest BCUT2D eigenvalue weighted by Gasteiger charge is 2.16. The van der Waals surface area contributed by atoms with Crippen molar-refractivity contribution in [2.24, 2.45) is 5.73 Å². The molecule has 0 radical (unpaired) electrons. The number of nitrogens with two attached hydrogens (primary N) is 1. The van der Waals surface area contributed by atoms with E-state index in [0.717, 1.165) is 6.42 Å². The van der Waals surface area contributed by atoms with Crippen molar-refractivity contribution < 1.29 is 14.3 Å². The number of aryl methyl sites for hydroxylation is 1. The first-order chi connectivity index (χ1) is 11.6. The number of hydrogen-bond donors (Lipinski definition) is 1. The van der Waals surface area contributed by atoms with Crippen LogP contribution in [0, 0.1) is 0 Å². The van der Waals surface area contributed by atoms with Crippen molar-refractivity contribution in [2.75, 3.05) is 6.61 Å². The summed E-state index contributed by atoms with van der Waals surface area (Å²) >= 11 is 0. The van der Waals surface area contributed by atoms with Gasteiger partial charge in [0.25, 0.3) is 11.8 Å². The second-order valence-electron chi connectivity index (χ2n) is 5.47. The summed E-state index contributed by atoms with van der Waals surface area (Å²) in [5, 5.41) is 0.658. The normalized spacial score (nSPS) is 10.7. The molecule has 5 heteroatoms. The van der Waals surface area contributed by atoms with Crippen LogP contribution in [0.15, 0.2) is 54.7 Å². The number of ether oxygens (including phenoxy) is 1. The number of nitrogens with zero attached hydrogens (tertiary/aromatic N) is 1. The fourth-order valence-electron chi connectivity index (χ4n) is 2.62. The van der Waals surface area contributed by atoms with Crippen LogP contribution >= 0.6 is 0 Å². The molecule has 0 bridgehead atoms. The number of amides is 1. The van der Waals surface area contributed by atoms with E-state index in [4.69, 9.17) is 10.5 Å². The van der Waals surface area contributed by atoms with E-state index in [2.05, 4.69) is 6.92 Å². The van der Waals surface area contributed by atoms with Crippen LogP contribution in [0.25, 0.3) is 10.9 Å². The number of carbonyl (C=O) groups excluding carboxylic acids is 2. The summed E-state index contributed by atoms with van der Waals surface area (Å²) in [4.78, 5) is 24.0. The lowest BCUT2D eigenvalue weighted by molar-refractivity contribution is 0.0843. The van der Waals surface area contributed by atoms with Crippen molar-refractivity contribution in [1.82, 2.24) is 4.57 Å². The predicted molar refractivity (Wildman–Crippen MR) is 92.4 cm³/mol. The van der Waals surface area contributed by atoms with E-state index >= 15 is 0 Å². The Morgan fingerprint density at radius 1 is 1.08 bits per heavy atom. The topological polar surface area (TPSA) is 74.3 Å². The molecule has 0 fully saturated rings. The van der Waals surface area contributed by atoms with Gasteiger partial charge in [0.1, 0.15) is 5.75 Å². The number of aromatic nitrogens is 1. The summed E-state index contributed by atoms with van der Waals surface area (Å²) in [6, 6.07) is 14.8. The molecular formula is C19H18N2O3. The number of primary amides is 1. The van der Waals surface area contributed by atoms with Crippen LogP contribution in [0.4, 0.5) is 0 Å². The summed E-state index contributed by atoms with van der Waals surface area (Å²) in [7, 11) is 0. The molecule has 0 aliphatic rings. The lowest BCUT2D eigenvalue weighted by atomic mass is 10.2. The van der Waals surface area contributed by atoms with Gasteiger partial charge < -0.3 is 10.5 Å². The Hall–Kier alpha value is -3.08. The zero-order valence-corrected chi connectivity index (χ0v) is 13.4. The Morgan fingerprint density at radius 3 is 2.46 bits per heavy atom. The average Bonchev–Trinajstić information content (AvgIpc) is 3.00. The molecular weight excluding hydrogens is 304 g/mol. The molecule has 2 N–H and O–H groups in total. The minimum atomic E-state index is -0.561. The highest BCUT2D eigenvalue weighted by molar-refractivity contribution is 6.08. The first kappa shape index (κ1) is 15.8. The number of carbonyl (C=O) groups is 2. The molecule has 0 saturated heterocycles. The average molecular weight is 322 g/mol. The number of benzene rings is 2. The Morgan fingerprint density at radius 2 is 1.79 bits per heavy atom. The highest BCUT2D eigenvalue weighted by atomic mass is 16.5. The second-order valence-corrected chi connectivity index (χ2v) is 5.47. The molecule has 0 aliphatic heterocycles. The summed E-state index contributed by atoms with van der Waals surface area (Å²) in [5.41, 5.74) is 7.56. The lowest BCUT2D eigenvalue weighted by Crippen LogP contribution is -2.18. The molecule has 0 spiro atoms. The van der Waals surface area contributed by atoms with Gasteiger partial charge in [0.15, 0.2) is 6.61 Å². The Bertz CT molecular complexity index is 895. The van der Waals surface area contributed by atoms with Crippen molar-refractivity contribution >= 4 is 22.7 Å². The summed E-state index contributed by atoms with van der Waals surface area (Å²) < 4.78 is 6.97. The molecule has 0 atom stereocenters. The smallest absolute Gasteiger partial charge is 0.269 e. The van der Waals surface area contributed by atoms with E-state index in [1.807, 2.05) is 24.3 Å². The van der Waals surface area contributed by atoms with Crippen molar-refractivity contribution in [3.8, 4) is 5.75 Å². The van der Waals surface area contributed by atoms with Gasteiger partial charge in [0.2, 0.25) is 0 Å². The first-order valence-electron chi connectivity index (χ1n) is 7.75. The van der Waals surface area contributed by atoms with Gasteiger partial charge in [-0.2, -0.15) is 0 Å². The van der Waals surface area contributed by atoms with Gasteiger partial charge in [-0.05, 0) is 30.2 Å². The number of rotatable bonds is 5. The first-order valence-corrected chi connectivity index (χ1v) is 7.75. The molecule has 3 aromatic rings. The zero-order chi connectivity index (χ0) is 17.1. The maximum atomic E-state index is 12.5. The maximum absolute atomic E-state index is 12.5. The van der Waals surface area contributed by atoms with Gasteiger partial charge in [0, 0.05) is 11.6 Å². The minimum absolute atomic E-state index is 0.123. The van der Waals surface area contributed by atoms with Gasteiger partial charge >= 0.3 is 0 Å². The fraction of sp³-hybridized carbons (Fsp3) is 0.158. The van der Waals surface area contributed by atoms with E-state index < -0.39 is 5.91 Å². The molecule has 0 aliphatic carbocycles. The van der Waals surface area contributed by atoms with Crippen molar-refractivity contribution in [3.63, 3.8) is 0 Å². The van der Waals surface area contributed by atoms with Crippen LogP contribution in [0.2, 0.25) is 0 Å². The van der Waals surface area contributed by atoms with Crippen molar-refractivity contribution in [3.05, 3.63) is 65.9 Å². The number of para-hydroxylation sites is 1. The highest BCUT2D eigenvalue weighted by Crippen LogP contribution is 2.21. The monoisotopic (exact) mass is 322 g/mol. The van der Waals surface area contributed by atoms with Crippen LogP contribution < -0.4 is 10.5 Å². The van der Waals surface area contributed by atoms with Crippen LogP contribution in [-0.4, -0.2) is 23.0 Å². The molecule has 2 aromatic carbocycles. The third-order valence-corrected chi connectivity index (χ3v) is 3.94. The van der Waals surface area contributed by atoms with E-state index in [9.17, 15) is 9.59 Å². The lowest BCUT2D eigenvalue weighted by Gasteiger charge is -2.07. The van der Waals surface area contributed by atoms with Crippen LogP contribution in [0.1, 0.15) is 27.6 Å². The molecule has 1 amide bonds. The van der Waals surface area contributed by atoms with Crippen molar-refractivity contribution in [1.29, 1.82) is 0 Å². The number of hydrogen-bond acceptors (Lipinski definition) is 3. The SMILES string of the molecule is CCc1ccc(OCC(=O)n2cc(C(N)=O)c3ccccc32)cc1. The van der Waals surface area contributed by atoms with Gasteiger partial charge in [-0.1, -0.05) is 37.3 Å². The van der Waals surface area contributed by atoms with Crippen LogP contribution in [-0.2, 0) is 6.42 Å². The van der Waals surface area contributed by atoms with Gasteiger partial charge in [0.05, 0.1) is 11.1 Å². The van der Waals surface area contributed by atoms with E-state index in [-0.39, 0.29) is 12.5 Å². The molecule has 3 rings (SSSR count). The molecule has 122 valence electrons. The minimum Gasteiger partial charge on any atom is -0.484 e. The summed E-state index contributed by atoms with van der Waals surface area (Å²) in [6.07, 6.45) is 2.42. The van der Waals surface area contributed by atoms with Crippen LogP contribution in [0.5, 0.6) is 5.75 Å². The molecule has 0 unspecified atom stereocenters. The predicted octanol–water partition coefficient (Wildman–Crippen LogP) is 3.02. The largest absolute Gasteiger partial charge is 0.484 e. The van der Waals surface area contributed by atoms with Gasteiger partial charge in [-0.15, -0.1) is 0 Å². The Labute approximate surface area is 139 Å². The molecule has 5 nitrogen and oxygen atoms in total. The molecule has 1 aromatic heterocycles. The van der Waals surface area contributed by atoms with E-state index in [1.54, 1.807) is 24.3 Å². The van der Waals surface area contributed by atoms with Gasteiger partial charge in [-0.25, -0.2) is 0 Å². The maximum Gasteiger partial charge on any atom is 0.269 e. The summed E-state index contributed by atoms with van der Waals surface area (Å²) in [6.45, 7) is 1.95. The third-order valence-electron chi connectivity index (χ3n) is 3.94. The van der Waals surface area contributed by atoms with Crippen molar-refractivity contribution in [2.45, 2.75) is 13.3 Å². The molecule has 24 heavy (non-hydrogen) atoms. The van der Waals surface area contributed by atoms with E-state index in [1.165, 1.54) is 16.3 Å². The van der Waals surface area contributed by atoms with E-state index in [0.29, 0.717) is 22.2 Å². The standard InChI is InChI=1S/C19H18N2O3/c1-2-13-7-9-14(10-8-13)24-12-18(22)21-11-16(19(20)23)15-5-3-4-6-17(15)21/h3-11H,2,12H2,1H3,(H2,20,23). The Balaban J connectivity index is 1.82. The molecule has 0 saturated carbocycles. The van der Waals surface area contributed by atoms with Crippen LogP contribution in [0.3, 0.4) is 0 Å². The fourth-order valence-corrected chi connectivity index (χ4v) is 2.62. The number of fused-ring (bicyclic) bond motifs is 1.